The van der Waals surface area contributed by atoms with E-state index in [1.165, 1.54) is 12.1 Å². The first-order chi connectivity index (χ1) is 11.9. The lowest BCUT2D eigenvalue weighted by molar-refractivity contribution is -0.137. The van der Waals surface area contributed by atoms with Gasteiger partial charge in [0, 0.05) is 29.9 Å². The number of nitrogens with zero attached hydrogens (tertiary/aromatic N) is 2. The molecular formula is C18H21F3N2S2. The number of hydrogen-bond donors (Lipinski definition) is 0. The summed E-state index contributed by atoms with van der Waals surface area (Å²) in [4.78, 5) is 4.12. The molecule has 1 fully saturated rings. The second-order valence-electron chi connectivity index (χ2n) is 6.43. The van der Waals surface area contributed by atoms with Gasteiger partial charge in [0.05, 0.1) is 16.0 Å². The van der Waals surface area contributed by atoms with Gasteiger partial charge in [-0.1, -0.05) is 19.1 Å². The number of thioether (sulfide) groups is 2. The third-order valence-electron chi connectivity index (χ3n) is 4.28. The standard InChI is InChI=1S/C18H21F3N2S2/c1-14-11-24-17(25-14,12-23-10-9-22-13-23)8-2-3-15-4-6-16(7-5-15)18(19,20)21/h4-7,9-10,13-14H,2-3,8,11-12H2,1H3. The normalized spacial score (nSPS) is 23.9. The molecule has 1 saturated heterocycles. The lowest BCUT2D eigenvalue weighted by Gasteiger charge is -2.28. The Labute approximate surface area is 154 Å². The summed E-state index contributed by atoms with van der Waals surface area (Å²) < 4.78 is 40.1. The van der Waals surface area contributed by atoms with Crippen molar-refractivity contribution in [2.45, 2.75) is 48.2 Å². The zero-order chi connectivity index (χ0) is 17.9. The van der Waals surface area contributed by atoms with Crippen LogP contribution in [0.4, 0.5) is 13.2 Å². The van der Waals surface area contributed by atoms with Gasteiger partial charge in [-0.15, -0.1) is 23.5 Å². The fourth-order valence-corrected chi connectivity index (χ4v) is 6.81. The largest absolute Gasteiger partial charge is 0.416 e. The second-order valence-corrected chi connectivity index (χ2v) is 9.92. The van der Waals surface area contributed by atoms with Crippen LogP contribution in [0.2, 0.25) is 0 Å². The maximum atomic E-state index is 12.6. The van der Waals surface area contributed by atoms with E-state index in [0.717, 1.165) is 37.1 Å². The van der Waals surface area contributed by atoms with Crippen LogP contribution in [0.5, 0.6) is 0 Å². The smallest absolute Gasteiger partial charge is 0.335 e. The summed E-state index contributed by atoms with van der Waals surface area (Å²) >= 11 is 4.02. The van der Waals surface area contributed by atoms with E-state index in [1.807, 2.05) is 36.0 Å². The third-order valence-corrected chi connectivity index (χ3v) is 8.00. The molecule has 0 amide bonds. The molecule has 0 bridgehead atoms. The minimum Gasteiger partial charge on any atom is -0.335 e. The number of aromatic nitrogens is 2. The molecule has 2 nitrogen and oxygen atoms in total. The Kier molecular flexibility index (Phi) is 5.73. The van der Waals surface area contributed by atoms with E-state index >= 15 is 0 Å². The lowest BCUT2D eigenvalue weighted by atomic mass is 10.0. The van der Waals surface area contributed by atoms with E-state index < -0.39 is 11.7 Å². The first kappa shape index (κ1) is 18.7. The molecule has 0 radical (unpaired) electrons. The number of imidazole rings is 1. The molecule has 1 aliphatic heterocycles. The van der Waals surface area contributed by atoms with Crippen molar-refractivity contribution in [1.82, 2.24) is 9.55 Å². The van der Waals surface area contributed by atoms with Crippen molar-refractivity contribution < 1.29 is 13.2 Å². The van der Waals surface area contributed by atoms with E-state index in [1.54, 1.807) is 18.3 Å². The minimum absolute atomic E-state index is 0.131. The molecule has 25 heavy (non-hydrogen) atoms. The molecule has 3 rings (SSSR count). The third kappa shape index (κ3) is 4.97. The monoisotopic (exact) mass is 386 g/mol. The van der Waals surface area contributed by atoms with Gasteiger partial charge in [-0.05, 0) is 37.0 Å². The molecule has 2 atom stereocenters. The number of aryl methyl sites for hydroxylation is 1. The Morgan fingerprint density at radius 1 is 1.28 bits per heavy atom. The van der Waals surface area contributed by atoms with Gasteiger partial charge < -0.3 is 4.57 Å². The molecule has 2 aromatic rings. The number of hydrogen-bond acceptors (Lipinski definition) is 3. The molecule has 0 N–H and O–H groups in total. The Morgan fingerprint density at radius 3 is 2.60 bits per heavy atom. The van der Waals surface area contributed by atoms with Crippen LogP contribution in [-0.4, -0.2) is 24.6 Å². The van der Waals surface area contributed by atoms with E-state index in [2.05, 4.69) is 16.5 Å². The molecule has 2 heterocycles. The summed E-state index contributed by atoms with van der Waals surface area (Å²) in [6.07, 6.45) is 4.17. The summed E-state index contributed by atoms with van der Waals surface area (Å²) in [5.74, 6) is 1.14. The van der Waals surface area contributed by atoms with E-state index in [9.17, 15) is 13.2 Å². The van der Waals surface area contributed by atoms with E-state index in [-0.39, 0.29) is 4.08 Å². The molecule has 1 aromatic carbocycles. The first-order valence-corrected chi connectivity index (χ1v) is 10.2. The number of alkyl halides is 3. The summed E-state index contributed by atoms with van der Waals surface area (Å²) in [6.45, 7) is 3.17. The predicted octanol–water partition coefficient (Wildman–Crippen LogP) is 5.49. The van der Waals surface area contributed by atoms with Crippen LogP contribution in [0.1, 0.15) is 30.9 Å². The van der Waals surface area contributed by atoms with Crippen LogP contribution in [0.25, 0.3) is 0 Å². The molecular weight excluding hydrogens is 365 g/mol. The summed E-state index contributed by atoms with van der Waals surface area (Å²) in [6, 6.07) is 5.56. The van der Waals surface area contributed by atoms with Gasteiger partial charge >= 0.3 is 6.18 Å². The Morgan fingerprint density at radius 2 is 2.04 bits per heavy atom. The van der Waals surface area contributed by atoms with Gasteiger partial charge in [0.15, 0.2) is 0 Å². The van der Waals surface area contributed by atoms with Crippen molar-refractivity contribution in [2.75, 3.05) is 5.75 Å². The zero-order valence-electron chi connectivity index (χ0n) is 14.0. The minimum atomic E-state index is -4.26. The maximum Gasteiger partial charge on any atom is 0.416 e. The summed E-state index contributed by atoms with van der Waals surface area (Å²) in [7, 11) is 0. The van der Waals surface area contributed by atoms with Crippen LogP contribution in [-0.2, 0) is 19.1 Å². The number of halogens is 3. The van der Waals surface area contributed by atoms with Crippen LogP contribution >= 0.6 is 23.5 Å². The van der Waals surface area contributed by atoms with Gasteiger partial charge in [-0.25, -0.2) is 4.98 Å². The van der Waals surface area contributed by atoms with Gasteiger partial charge in [0.1, 0.15) is 0 Å². The van der Waals surface area contributed by atoms with Crippen molar-refractivity contribution in [2.24, 2.45) is 0 Å². The molecule has 1 aliphatic rings. The lowest BCUT2D eigenvalue weighted by Crippen LogP contribution is -2.24. The fraction of sp³-hybridized carbons (Fsp3) is 0.500. The SMILES string of the molecule is CC1CSC(CCCc2ccc(C(F)(F)F)cc2)(Cn2ccnc2)S1. The Hall–Kier alpha value is -1.08. The van der Waals surface area contributed by atoms with Gasteiger partial charge in [-0.3, -0.25) is 0 Å². The topological polar surface area (TPSA) is 17.8 Å². The van der Waals surface area contributed by atoms with E-state index in [0.29, 0.717) is 5.25 Å². The van der Waals surface area contributed by atoms with Crippen molar-refractivity contribution in [3.05, 3.63) is 54.1 Å². The highest BCUT2D eigenvalue weighted by molar-refractivity contribution is 8.21. The van der Waals surface area contributed by atoms with Gasteiger partial charge in [-0.2, -0.15) is 13.2 Å². The number of rotatable bonds is 6. The highest BCUT2D eigenvalue weighted by Crippen LogP contribution is 2.51. The molecule has 1 aromatic heterocycles. The first-order valence-electron chi connectivity index (χ1n) is 8.30. The van der Waals surface area contributed by atoms with Crippen LogP contribution in [0.3, 0.4) is 0 Å². The van der Waals surface area contributed by atoms with Crippen LogP contribution in [0.15, 0.2) is 43.0 Å². The van der Waals surface area contributed by atoms with Crippen molar-refractivity contribution in [3.8, 4) is 0 Å². The molecule has 0 spiro atoms. The summed E-state index contributed by atoms with van der Waals surface area (Å²) in [5, 5.41) is 0.625. The average molecular weight is 387 g/mol. The van der Waals surface area contributed by atoms with E-state index in [4.69, 9.17) is 0 Å². The second kappa shape index (κ2) is 7.66. The number of benzene rings is 1. The Balaban J connectivity index is 1.58. The quantitative estimate of drug-likeness (QED) is 0.654. The molecule has 136 valence electrons. The Bertz CT molecular complexity index is 671. The van der Waals surface area contributed by atoms with Crippen LogP contribution in [0, 0.1) is 0 Å². The average Bonchev–Trinajstić information content (AvgIpc) is 3.18. The zero-order valence-corrected chi connectivity index (χ0v) is 15.6. The van der Waals surface area contributed by atoms with Crippen molar-refractivity contribution in [3.63, 3.8) is 0 Å². The van der Waals surface area contributed by atoms with Crippen molar-refractivity contribution in [1.29, 1.82) is 0 Å². The molecule has 7 heteroatoms. The molecule has 2 unspecified atom stereocenters. The fourth-order valence-electron chi connectivity index (χ4n) is 3.08. The van der Waals surface area contributed by atoms with Crippen LogP contribution < -0.4 is 0 Å². The summed E-state index contributed by atoms with van der Waals surface area (Å²) in [5.41, 5.74) is 0.385. The molecule has 0 saturated carbocycles. The van der Waals surface area contributed by atoms with Gasteiger partial charge in [0.25, 0.3) is 0 Å². The maximum absolute atomic E-state index is 12.6. The predicted molar refractivity (Wildman–Crippen MR) is 98.9 cm³/mol. The highest BCUT2D eigenvalue weighted by atomic mass is 32.2. The molecule has 0 aliphatic carbocycles. The highest BCUT2D eigenvalue weighted by Gasteiger charge is 2.39. The van der Waals surface area contributed by atoms with Gasteiger partial charge in [0.2, 0.25) is 0 Å². The van der Waals surface area contributed by atoms with Crippen molar-refractivity contribution >= 4 is 23.5 Å².